The Kier molecular flexibility index (Phi) is 5.58. The number of carbonyl (C=O) groups is 2. The maximum absolute atomic E-state index is 12.2. The van der Waals surface area contributed by atoms with Crippen LogP contribution in [0.4, 0.5) is 4.79 Å². The Morgan fingerprint density at radius 3 is 3.00 bits per heavy atom. The zero-order valence-corrected chi connectivity index (χ0v) is 13.0. The normalized spacial score (nSPS) is 18.3. The predicted molar refractivity (Wildman–Crippen MR) is 79.9 cm³/mol. The zero-order valence-electron chi connectivity index (χ0n) is 11.4. The van der Waals surface area contributed by atoms with Crippen molar-refractivity contribution in [2.45, 2.75) is 19.0 Å². The Labute approximate surface area is 131 Å². The average Bonchev–Trinajstić information content (AvgIpc) is 2.45. The first-order valence-corrected chi connectivity index (χ1v) is 7.44. The second-order valence-corrected chi connectivity index (χ2v) is 5.72. The number of rotatable bonds is 4. The van der Waals surface area contributed by atoms with Crippen LogP contribution >= 0.6 is 15.9 Å². The lowest BCUT2D eigenvalue weighted by molar-refractivity contribution is -0.139. The molecule has 1 aromatic carbocycles. The summed E-state index contributed by atoms with van der Waals surface area (Å²) in [6.07, 6.45) is -0.107. The van der Waals surface area contributed by atoms with Crippen LogP contribution in [0.5, 0.6) is 0 Å². The van der Waals surface area contributed by atoms with Gasteiger partial charge in [-0.15, -0.1) is 0 Å². The van der Waals surface area contributed by atoms with E-state index in [1.54, 1.807) is 0 Å². The molecule has 1 aliphatic heterocycles. The Bertz CT molecular complexity index is 523. The van der Waals surface area contributed by atoms with Crippen molar-refractivity contribution in [3.63, 3.8) is 0 Å². The Morgan fingerprint density at radius 1 is 1.48 bits per heavy atom. The van der Waals surface area contributed by atoms with E-state index in [1.165, 1.54) is 4.90 Å². The molecule has 0 bridgehead atoms. The summed E-state index contributed by atoms with van der Waals surface area (Å²) in [4.78, 5) is 24.6. The molecule has 1 aromatic rings. The third-order valence-electron chi connectivity index (χ3n) is 3.23. The quantitative estimate of drug-likeness (QED) is 0.862. The van der Waals surface area contributed by atoms with Crippen LogP contribution in [0, 0.1) is 0 Å². The van der Waals surface area contributed by atoms with E-state index >= 15 is 0 Å². The summed E-state index contributed by atoms with van der Waals surface area (Å²) < 4.78 is 6.20. The number of carboxylic acids is 1. The number of ether oxygens (including phenoxy) is 1. The molecular weight excluding hydrogens is 340 g/mol. The fourth-order valence-corrected chi connectivity index (χ4v) is 2.67. The number of hydrogen-bond acceptors (Lipinski definition) is 3. The number of urea groups is 1. The monoisotopic (exact) mass is 356 g/mol. The average molecular weight is 357 g/mol. The van der Waals surface area contributed by atoms with E-state index in [9.17, 15) is 9.59 Å². The standard InChI is InChI=1S/C14H17BrN2O4/c15-11-3-1-2-10(6-11)8-16-14(20)17-4-5-21-9-12(17)7-13(18)19/h1-3,6,12H,4-5,7-9H2,(H,16,20)(H,18,19). The molecule has 1 saturated heterocycles. The van der Waals surface area contributed by atoms with Gasteiger partial charge < -0.3 is 20.1 Å². The summed E-state index contributed by atoms with van der Waals surface area (Å²) in [5.41, 5.74) is 0.973. The van der Waals surface area contributed by atoms with Crippen LogP contribution in [-0.4, -0.2) is 47.8 Å². The molecule has 0 saturated carbocycles. The fraction of sp³-hybridized carbons (Fsp3) is 0.429. The van der Waals surface area contributed by atoms with Crippen molar-refractivity contribution in [1.82, 2.24) is 10.2 Å². The van der Waals surface area contributed by atoms with Crippen LogP contribution in [0.25, 0.3) is 0 Å². The van der Waals surface area contributed by atoms with Crippen LogP contribution < -0.4 is 5.32 Å². The van der Waals surface area contributed by atoms with Gasteiger partial charge in [-0.3, -0.25) is 4.79 Å². The van der Waals surface area contributed by atoms with Crippen molar-refractivity contribution in [2.24, 2.45) is 0 Å². The van der Waals surface area contributed by atoms with Crippen LogP contribution in [0.3, 0.4) is 0 Å². The van der Waals surface area contributed by atoms with Gasteiger partial charge in [-0.1, -0.05) is 28.1 Å². The van der Waals surface area contributed by atoms with E-state index in [4.69, 9.17) is 9.84 Å². The van der Waals surface area contributed by atoms with Crippen molar-refractivity contribution >= 4 is 27.9 Å². The fourth-order valence-electron chi connectivity index (χ4n) is 2.22. The number of amides is 2. The molecule has 6 nitrogen and oxygen atoms in total. The number of carbonyl (C=O) groups excluding carboxylic acids is 1. The molecule has 2 rings (SSSR count). The molecule has 2 N–H and O–H groups in total. The van der Waals surface area contributed by atoms with Gasteiger partial charge in [-0.2, -0.15) is 0 Å². The van der Waals surface area contributed by atoms with Crippen LogP contribution in [0.2, 0.25) is 0 Å². The number of nitrogens with zero attached hydrogens (tertiary/aromatic N) is 1. The molecule has 21 heavy (non-hydrogen) atoms. The van der Waals surface area contributed by atoms with E-state index in [0.29, 0.717) is 19.7 Å². The molecular formula is C14H17BrN2O4. The predicted octanol–water partition coefficient (Wildman–Crippen LogP) is 1.83. The number of aliphatic carboxylic acids is 1. The minimum Gasteiger partial charge on any atom is -0.481 e. The molecule has 0 aliphatic carbocycles. The van der Waals surface area contributed by atoms with Gasteiger partial charge in [-0.25, -0.2) is 4.79 Å². The Balaban J connectivity index is 1.92. The van der Waals surface area contributed by atoms with Gasteiger partial charge in [0.05, 0.1) is 25.7 Å². The highest BCUT2D eigenvalue weighted by Crippen LogP contribution is 2.13. The summed E-state index contributed by atoms with van der Waals surface area (Å²) in [7, 11) is 0. The number of carboxylic acid groups (broad SMARTS) is 1. The number of benzene rings is 1. The van der Waals surface area contributed by atoms with Crippen molar-refractivity contribution in [3.05, 3.63) is 34.3 Å². The first-order chi connectivity index (χ1) is 10.1. The molecule has 2 amide bonds. The first-order valence-electron chi connectivity index (χ1n) is 6.64. The molecule has 1 unspecified atom stereocenters. The van der Waals surface area contributed by atoms with Gasteiger partial charge >= 0.3 is 12.0 Å². The lowest BCUT2D eigenvalue weighted by Crippen LogP contribution is -2.53. The molecule has 1 fully saturated rings. The highest BCUT2D eigenvalue weighted by Gasteiger charge is 2.28. The van der Waals surface area contributed by atoms with E-state index in [1.807, 2.05) is 24.3 Å². The zero-order chi connectivity index (χ0) is 15.2. The van der Waals surface area contributed by atoms with Gasteiger partial charge in [0.25, 0.3) is 0 Å². The van der Waals surface area contributed by atoms with Gasteiger partial charge in [0.2, 0.25) is 0 Å². The third-order valence-corrected chi connectivity index (χ3v) is 3.72. The van der Waals surface area contributed by atoms with Gasteiger partial charge in [-0.05, 0) is 17.7 Å². The number of halogens is 1. The molecule has 1 aliphatic rings. The van der Waals surface area contributed by atoms with Crippen LogP contribution in [0.15, 0.2) is 28.7 Å². The molecule has 1 heterocycles. The van der Waals surface area contributed by atoms with E-state index in [-0.39, 0.29) is 19.1 Å². The maximum atomic E-state index is 12.2. The summed E-state index contributed by atoms with van der Waals surface area (Å²) in [6, 6.07) is 6.97. The Hall–Kier alpha value is -1.60. The largest absolute Gasteiger partial charge is 0.481 e. The summed E-state index contributed by atoms with van der Waals surface area (Å²) in [5.74, 6) is -0.935. The van der Waals surface area contributed by atoms with Crippen molar-refractivity contribution in [3.8, 4) is 0 Å². The smallest absolute Gasteiger partial charge is 0.318 e. The molecule has 1 atom stereocenters. The second kappa shape index (κ2) is 7.42. The molecule has 0 aromatic heterocycles. The third kappa shape index (κ3) is 4.71. The molecule has 114 valence electrons. The van der Waals surface area contributed by atoms with Gasteiger partial charge in [0.15, 0.2) is 0 Å². The maximum Gasteiger partial charge on any atom is 0.318 e. The molecule has 7 heteroatoms. The number of morpholine rings is 1. The number of nitrogens with one attached hydrogen (secondary N) is 1. The van der Waals surface area contributed by atoms with Crippen molar-refractivity contribution in [1.29, 1.82) is 0 Å². The highest BCUT2D eigenvalue weighted by atomic mass is 79.9. The summed E-state index contributed by atoms with van der Waals surface area (Å²) in [6.45, 7) is 1.49. The van der Waals surface area contributed by atoms with Crippen molar-refractivity contribution < 1.29 is 19.4 Å². The lowest BCUT2D eigenvalue weighted by atomic mass is 10.1. The van der Waals surface area contributed by atoms with Crippen LogP contribution in [-0.2, 0) is 16.1 Å². The first kappa shape index (κ1) is 15.8. The van der Waals surface area contributed by atoms with Crippen LogP contribution in [0.1, 0.15) is 12.0 Å². The van der Waals surface area contributed by atoms with Crippen molar-refractivity contribution in [2.75, 3.05) is 19.8 Å². The summed E-state index contributed by atoms with van der Waals surface area (Å²) >= 11 is 3.38. The second-order valence-electron chi connectivity index (χ2n) is 4.81. The van der Waals surface area contributed by atoms with E-state index < -0.39 is 12.0 Å². The van der Waals surface area contributed by atoms with E-state index in [0.717, 1.165) is 10.0 Å². The Morgan fingerprint density at radius 2 is 2.29 bits per heavy atom. The topological polar surface area (TPSA) is 78.9 Å². The summed E-state index contributed by atoms with van der Waals surface area (Å²) in [5, 5.41) is 11.7. The highest BCUT2D eigenvalue weighted by molar-refractivity contribution is 9.10. The van der Waals surface area contributed by atoms with Gasteiger partial charge in [0.1, 0.15) is 0 Å². The lowest BCUT2D eigenvalue weighted by Gasteiger charge is -2.34. The van der Waals surface area contributed by atoms with E-state index in [2.05, 4.69) is 21.2 Å². The minimum atomic E-state index is -0.935. The van der Waals surface area contributed by atoms with Gasteiger partial charge in [0, 0.05) is 17.6 Å². The molecule has 0 radical (unpaired) electrons. The SMILES string of the molecule is O=C(O)CC1COCCN1C(=O)NCc1cccc(Br)c1. The number of hydrogen-bond donors (Lipinski definition) is 2. The molecule has 0 spiro atoms. The minimum absolute atomic E-state index is 0.107.